The van der Waals surface area contributed by atoms with Gasteiger partial charge in [0.25, 0.3) is 5.91 Å². The van der Waals surface area contributed by atoms with E-state index < -0.39 is 6.17 Å². The summed E-state index contributed by atoms with van der Waals surface area (Å²) in [6.07, 6.45) is 1.98. The molecule has 1 aromatic carbocycles. The van der Waals surface area contributed by atoms with Crippen molar-refractivity contribution >= 4 is 22.2 Å². The van der Waals surface area contributed by atoms with E-state index in [2.05, 4.69) is 17.2 Å². The Bertz CT molecular complexity index is 764. The lowest BCUT2D eigenvalue weighted by Gasteiger charge is -2.28. The largest absolute Gasteiger partial charge is 0.508 e. The van der Waals surface area contributed by atoms with Crippen LogP contribution in [0.5, 0.6) is 5.75 Å². The average molecular weight is 314 g/mol. The second-order valence-electron chi connectivity index (χ2n) is 5.38. The van der Waals surface area contributed by atoms with Crippen molar-refractivity contribution in [2.24, 2.45) is 0 Å². The van der Waals surface area contributed by atoms with Gasteiger partial charge in [-0.2, -0.15) is 0 Å². The van der Waals surface area contributed by atoms with Crippen LogP contribution >= 0.6 is 11.3 Å². The van der Waals surface area contributed by atoms with E-state index in [0.717, 1.165) is 21.0 Å². The van der Waals surface area contributed by atoms with Crippen LogP contribution in [0.2, 0.25) is 0 Å². The smallest absolute Gasteiger partial charge is 0.256 e. The molecule has 114 valence electrons. The van der Waals surface area contributed by atoms with Crippen molar-refractivity contribution in [3.63, 3.8) is 0 Å². The molecule has 5 heteroatoms. The van der Waals surface area contributed by atoms with E-state index in [4.69, 9.17) is 0 Å². The quantitative estimate of drug-likeness (QED) is 0.758. The molecule has 2 aromatic rings. The molecule has 1 unspecified atom stereocenters. The number of phenols is 1. The maximum atomic E-state index is 12.4. The third-order valence-electron chi connectivity index (χ3n) is 3.99. The molecule has 4 nitrogen and oxygen atoms in total. The van der Waals surface area contributed by atoms with Crippen LogP contribution in [0.25, 0.3) is 0 Å². The van der Waals surface area contributed by atoms with Crippen LogP contribution in [0.15, 0.2) is 30.9 Å². The van der Waals surface area contributed by atoms with Gasteiger partial charge in [0.15, 0.2) is 0 Å². The fraction of sp³-hybridized carbons (Fsp3) is 0.235. The molecule has 1 aliphatic rings. The molecule has 1 aromatic heterocycles. The molecule has 0 bridgehead atoms. The van der Waals surface area contributed by atoms with Gasteiger partial charge in [0.05, 0.1) is 5.56 Å². The fourth-order valence-corrected chi connectivity index (χ4v) is 3.87. The van der Waals surface area contributed by atoms with Crippen LogP contribution < -0.4 is 10.6 Å². The van der Waals surface area contributed by atoms with Gasteiger partial charge in [0, 0.05) is 10.4 Å². The van der Waals surface area contributed by atoms with Crippen molar-refractivity contribution in [2.75, 3.05) is 5.32 Å². The van der Waals surface area contributed by atoms with Gasteiger partial charge in [-0.25, -0.2) is 0 Å². The van der Waals surface area contributed by atoms with E-state index >= 15 is 0 Å². The minimum atomic E-state index is -0.436. The highest BCUT2D eigenvalue weighted by atomic mass is 32.1. The summed E-state index contributed by atoms with van der Waals surface area (Å²) in [4.78, 5) is 13.6. The molecule has 1 atom stereocenters. The van der Waals surface area contributed by atoms with E-state index in [1.807, 2.05) is 19.9 Å². The van der Waals surface area contributed by atoms with E-state index in [1.165, 1.54) is 0 Å². The van der Waals surface area contributed by atoms with Crippen molar-refractivity contribution in [3.05, 3.63) is 58.0 Å². The Morgan fingerprint density at radius 3 is 2.86 bits per heavy atom. The van der Waals surface area contributed by atoms with Gasteiger partial charge < -0.3 is 15.7 Å². The lowest BCUT2D eigenvalue weighted by molar-refractivity contribution is 0.0935. The number of nitrogens with one attached hydrogen (secondary N) is 2. The van der Waals surface area contributed by atoms with Crippen molar-refractivity contribution < 1.29 is 9.90 Å². The summed E-state index contributed by atoms with van der Waals surface area (Å²) in [6.45, 7) is 7.71. The summed E-state index contributed by atoms with van der Waals surface area (Å²) in [5.74, 6) is 0.0685. The zero-order valence-corrected chi connectivity index (χ0v) is 13.4. The molecule has 3 N–H and O–H groups in total. The lowest BCUT2D eigenvalue weighted by atomic mass is 9.99. The number of aromatic hydroxyl groups is 1. The van der Waals surface area contributed by atoms with E-state index in [9.17, 15) is 9.90 Å². The van der Waals surface area contributed by atoms with Gasteiger partial charge in [-0.15, -0.1) is 17.9 Å². The first-order chi connectivity index (χ1) is 10.5. The number of hydrogen-bond donors (Lipinski definition) is 3. The maximum Gasteiger partial charge on any atom is 0.256 e. The molecule has 1 amide bonds. The first-order valence-corrected chi connectivity index (χ1v) is 7.93. The van der Waals surface area contributed by atoms with Gasteiger partial charge >= 0.3 is 0 Å². The number of thiophene rings is 1. The standard InChI is InChI=1S/C17H18N2O2S/c1-4-6-11-7-5-8-12(20)14(11)15-18-16(21)13-9(2)10(3)22-17(13)19-15/h4-5,7-8,15,19-20H,1,6H2,2-3H3,(H,18,21). The average Bonchev–Trinajstić information content (AvgIpc) is 2.74. The van der Waals surface area contributed by atoms with Crippen LogP contribution in [0.4, 0.5) is 5.00 Å². The number of carbonyl (C=O) groups is 1. The molecule has 0 radical (unpaired) electrons. The zero-order chi connectivity index (χ0) is 15.9. The Labute approximate surface area is 133 Å². The van der Waals surface area contributed by atoms with Gasteiger partial charge in [0.2, 0.25) is 0 Å². The maximum absolute atomic E-state index is 12.4. The predicted octanol–water partition coefficient (Wildman–Crippen LogP) is 3.65. The monoisotopic (exact) mass is 314 g/mol. The van der Waals surface area contributed by atoms with Crippen molar-refractivity contribution in [1.29, 1.82) is 0 Å². The molecular weight excluding hydrogens is 296 g/mol. The Balaban J connectivity index is 2.05. The van der Waals surface area contributed by atoms with Crippen molar-refractivity contribution in [1.82, 2.24) is 5.32 Å². The molecular formula is C17H18N2O2S. The van der Waals surface area contributed by atoms with E-state index in [0.29, 0.717) is 17.5 Å². The number of hydrogen-bond acceptors (Lipinski definition) is 4. The summed E-state index contributed by atoms with van der Waals surface area (Å²) in [5.41, 5.74) is 3.36. The van der Waals surface area contributed by atoms with E-state index in [1.54, 1.807) is 29.5 Å². The third kappa shape index (κ3) is 2.27. The Kier molecular flexibility index (Phi) is 3.66. The second-order valence-corrected chi connectivity index (χ2v) is 6.61. The topological polar surface area (TPSA) is 61.4 Å². The summed E-state index contributed by atoms with van der Waals surface area (Å²) in [5, 5.41) is 17.4. The zero-order valence-electron chi connectivity index (χ0n) is 12.6. The number of carbonyl (C=O) groups excluding carboxylic acids is 1. The van der Waals surface area contributed by atoms with Gasteiger partial charge in [-0.3, -0.25) is 4.79 Å². The molecule has 0 spiro atoms. The number of rotatable bonds is 3. The highest BCUT2D eigenvalue weighted by molar-refractivity contribution is 7.16. The Hall–Kier alpha value is -2.27. The Morgan fingerprint density at radius 2 is 2.14 bits per heavy atom. The number of aryl methyl sites for hydroxylation is 1. The number of fused-ring (bicyclic) bond motifs is 1. The summed E-state index contributed by atoms with van der Waals surface area (Å²) in [6, 6.07) is 5.37. The second kappa shape index (κ2) is 5.50. The van der Waals surface area contributed by atoms with Crippen LogP contribution in [-0.4, -0.2) is 11.0 Å². The van der Waals surface area contributed by atoms with Gasteiger partial charge in [0.1, 0.15) is 16.9 Å². The minimum absolute atomic E-state index is 0.103. The minimum Gasteiger partial charge on any atom is -0.508 e. The molecule has 0 aliphatic carbocycles. The summed E-state index contributed by atoms with van der Waals surface area (Å²) >= 11 is 1.57. The van der Waals surface area contributed by atoms with Gasteiger partial charge in [-0.1, -0.05) is 18.2 Å². The number of phenolic OH excluding ortho intramolecular Hbond substituents is 1. The predicted molar refractivity (Wildman–Crippen MR) is 89.6 cm³/mol. The molecule has 22 heavy (non-hydrogen) atoms. The first kappa shape index (κ1) is 14.7. The normalized spacial score (nSPS) is 16.6. The summed E-state index contributed by atoms with van der Waals surface area (Å²) < 4.78 is 0. The third-order valence-corrected chi connectivity index (χ3v) is 5.13. The number of allylic oxidation sites excluding steroid dienone is 1. The molecule has 0 saturated carbocycles. The molecule has 0 fully saturated rings. The van der Waals surface area contributed by atoms with Crippen molar-refractivity contribution in [2.45, 2.75) is 26.4 Å². The number of amides is 1. The number of benzene rings is 1. The van der Waals surface area contributed by atoms with Crippen LogP contribution in [0.3, 0.4) is 0 Å². The van der Waals surface area contributed by atoms with Crippen molar-refractivity contribution in [3.8, 4) is 5.75 Å². The van der Waals surface area contributed by atoms with E-state index in [-0.39, 0.29) is 11.7 Å². The Morgan fingerprint density at radius 1 is 1.36 bits per heavy atom. The van der Waals surface area contributed by atoms with Crippen LogP contribution in [0, 0.1) is 13.8 Å². The first-order valence-electron chi connectivity index (χ1n) is 7.12. The van der Waals surface area contributed by atoms with Gasteiger partial charge in [-0.05, 0) is 37.5 Å². The number of anilines is 1. The molecule has 0 saturated heterocycles. The summed E-state index contributed by atoms with van der Waals surface area (Å²) in [7, 11) is 0. The van der Waals surface area contributed by atoms with Crippen LogP contribution in [0.1, 0.15) is 38.1 Å². The molecule has 1 aliphatic heterocycles. The fourth-order valence-electron chi connectivity index (χ4n) is 2.78. The van der Waals surface area contributed by atoms with Crippen LogP contribution in [-0.2, 0) is 6.42 Å². The SMILES string of the molecule is C=CCc1cccc(O)c1C1NC(=O)c2c(sc(C)c2C)N1. The molecule has 3 rings (SSSR count). The lowest BCUT2D eigenvalue weighted by Crippen LogP contribution is -2.38. The molecule has 2 heterocycles. The highest BCUT2D eigenvalue weighted by Gasteiger charge is 2.31. The highest BCUT2D eigenvalue weighted by Crippen LogP contribution is 2.39.